The molecule has 0 aliphatic rings. The Morgan fingerprint density at radius 3 is 2.47 bits per heavy atom. The van der Waals surface area contributed by atoms with Crippen LogP contribution in [0, 0.1) is 6.92 Å². The summed E-state index contributed by atoms with van der Waals surface area (Å²) in [5, 5.41) is 2.09. The molecule has 2 nitrogen and oxygen atoms in total. The average Bonchev–Trinajstić information content (AvgIpc) is 2.83. The van der Waals surface area contributed by atoms with Crippen LogP contribution in [0.5, 0.6) is 5.75 Å². The zero-order valence-electron chi connectivity index (χ0n) is 11.1. The molecule has 2 N–H and O–H groups in total. The zero-order valence-corrected chi connectivity index (χ0v) is 13.5. The topological polar surface area (TPSA) is 35.2 Å². The maximum atomic E-state index is 6.23. The SMILES string of the molecule is CCC(N)C(Oc1ccc(Br)cc1)c1sccc1C. The second-order valence-electron chi connectivity index (χ2n) is 4.53. The van der Waals surface area contributed by atoms with Gasteiger partial charge in [-0.1, -0.05) is 22.9 Å². The van der Waals surface area contributed by atoms with Gasteiger partial charge >= 0.3 is 0 Å². The minimum absolute atomic E-state index is 0.000923. The minimum atomic E-state index is -0.0776. The largest absolute Gasteiger partial charge is 0.483 e. The summed E-state index contributed by atoms with van der Waals surface area (Å²) < 4.78 is 7.16. The normalized spacial score (nSPS) is 14.1. The lowest BCUT2D eigenvalue weighted by Crippen LogP contribution is -2.31. The Kier molecular flexibility index (Phi) is 5.02. The van der Waals surface area contributed by atoms with Crippen LogP contribution in [0.15, 0.2) is 40.2 Å². The van der Waals surface area contributed by atoms with Crippen LogP contribution in [0.1, 0.15) is 29.9 Å². The van der Waals surface area contributed by atoms with E-state index in [0.717, 1.165) is 16.6 Å². The summed E-state index contributed by atoms with van der Waals surface area (Å²) in [7, 11) is 0. The first kappa shape index (κ1) is 14.6. The van der Waals surface area contributed by atoms with Gasteiger partial charge in [0.25, 0.3) is 0 Å². The molecule has 0 amide bonds. The first-order valence-corrected chi connectivity index (χ1v) is 8.01. The van der Waals surface area contributed by atoms with Gasteiger partial charge < -0.3 is 10.5 Å². The van der Waals surface area contributed by atoms with Crippen molar-refractivity contribution in [2.75, 3.05) is 0 Å². The van der Waals surface area contributed by atoms with E-state index in [-0.39, 0.29) is 12.1 Å². The molecule has 1 heterocycles. The predicted molar refractivity (Wildman–Crippen MR) is 84.8 cm³/mol. The highest BCUT2D eigenvalue weighted by Gasteiger charge is 2.23. The first-order chi connectivity index (χ1) is 9.11. The maximum absolute atomic E-state index is 6.23. The van der Waals surface area contributed by atoms with Crippen molar-refractivity contribution in [3.63, 3.8) is 0 Å². The highest BCUT2D eigenvalue weighted by molar-refractivity contribution is 9.10. The van der Waals surface area contributed by atoms with E-state index in [9.17, 15) is 0 Å². The fraction of sp³-hybridized carbons (Fsp3) is 0.333. The van der Waals surface area contributed by atoms with Gasteiger partial charge in [-0.25, -0.2) is 0 Å². The van der Waals surface area contributed by atoms with Gasteiger partial charge in [-0.3, -0.25) is 0 Å². The molecule has 102 valence electrons. The molecule has 4 heteroatoms. The van der Waals surface area contributed by atoms with E-state index >= 15 is 0 Å². The number of aryl methyl sites for hydroxylation is 1. The number of thiophene rings is 1. The number of benzene rings is 1. The van der Waals surface area contributed by atoms with Crippen LogP contribution in [0.2, 0.25) is 0 Å². The molecule has 0 spiro atoms. The molecule has 0 fully saturated rings. The van der Waals surface area contributed by atoms with E-state index in [1.54, 1.807) is 11.3 Å². The van der Waals surface area contributed by atoms with Crippen molar-refractivity contribution in [2.24, 2.45) is 5.73 Å². The number of hydrogen-bond donors (Lipinski definition) is 1. The minimum Gasteiger partial charge on any atom is -0.483 e. The Labute approximate surface area is 126 Å². The molecule has 1 aromatic carbocycles. The lowest BCUT2D eigenvalue weighted by Gasteiger charge is -2.24. The number of rotatable bonds is 5. The molecule has 0 saturated carbocycles. The van der Waals surface area contributed by atoms with E-state index in [0.29, 0.717) is 0 Å². The van der Waals surface area contributed by atoms with Gasteiger partial charge in [0.1, 0.15) is 11.9 Å². The summed E-state index contributed by atoms with van der Waals surface area (Å²) in [6.45, 7) is 4.19. The fourth-order valence-electron chi connectivity index (χ4n) is 1.89. The highest BCUT2D eigenvalue weighted by Crippen LogP contribution is 2.31. The van der Waals surface area contributed by atoms with E-state index in [2.05, 4.69) is 41.2 Å². The third kappa shape index (κ3) is 3.59. The molecule has 0 aliphatic carbocycles. The van der Waals surface area contributed by atoms with Crippen molar-refractivity contribution in [3.8, 4) is 5.75 Å². The van der Waals surface area contributed by atoms with Gasteiger partial charge in [0, 0.05) is 15.4 Å². The molecule has 2 unspecified atom stereocenters. The van der Waals surface area contributed by atoms with Crippen molar-refractivity contribution < 1.29 is 4.74 Å². The number of ether oxygens (including phenoxy) is 1. The molecule has 0 saturated heterocycles. The number of halogens is 1. The van der Waals surface area contributed by atoms with E-state index in [1.807, 2.05) is 24.3 Å². The molecule has 1 aromatic heterocycles. The summed E-state index contributed by atoms with van der Waals surface area (Å²) in [6, 6.07) is 9.99. The molecular formula is C15H18BrNOS. The fourth-order valence-corrected chi connectivity index (χ4v) is 3.18. The van der Waals surface area contributed by atoms with Crippen LogP contribution in [0.3, 0.4) is 0 Å². The van der Waals surface area contributed by atoms with Gasteiger partial charge in [-0.2, -0.15) is 0 Å². The summed E-state index contributed by atoms with van der Waals surface area (Å²) in [6.07, 6.45) is 0.810. The summed E-state index contributed by atoms with van der Waals surface area (Å²) in [5.74, 6) is 0.852. The van der Waals surface area contributed by atoms with Crippen LogP contribution in [-0.2, 0) is 0 Å². The second-order valence-corrected chi connectivity index (χ2v) is 6.40. The summed E-state index contributed by atoms with van der Waals surface area (Å²) in [4.78, 5) is 1.22. The third-order valence-electron chi connectivity index (χ3n) is 3.10. The van der Waals surface area contributed by atoms with Crippen LogP contribution in [-0.4, -0.2) is 6.04 Å². The van der Waals surface area contributed by atoms with E-state index in [4.69, 9.17) is 10.5 Å². The molecule has 2 rings (SSSR count). The van der Waals surface area contributed by atoms with E-state index in [1.165, 1.54) is 10.4 Å². The Morgan fingerprint density at radius 2 is 1.95 bits per heavy atom. The molecule has 0 radical (unpaired) electrons. The van der Waals surface area contributed by atoms with Crippen molar-refractivity contribution >= 4 is 27.3 Å². The van der Waals surface area contributed by atoms with Gasteiger partial charge in [0.05, 0.1) is 0 Å². The molecule has 0 aliphatic heterocycles. The van der Waals surface area contributed by atoms with Crippen molar-refractivity contribution in [2.45, 2.75) is 32.4 Å². The summed E-state index contributed by atoms with van der Waals surface area (Å²) >= 11 is 5.14. The molecule has 19 heavy (non-hydrogen) atoms. The number of hydrogen-bond acceptors (Lipinski definition) is 3. The lowest BCUT2D eigenvalue weighted by atomic mass is 10.1. The van der Waals surface area contributed by atoms with Gasteiger partial charge in [-0.15, -0.1) is 11.3 Å². The third-order valence-corrected chi connectivity index (χ3v) is 4.71. The van der Waals surface area contributed by atoms with Crippen LogP contribution >= 0.6 is 27.3 Å². The Balaban J connectivity index is 2.24. The monoisotopic (exact) mass is 339 g/mol. The standard InChI is InChI=1S/C15H18BrNOS/c1-3-13(17)14(15-10(2)8-9-19-15)18-12-6-4-11(16)5-7-12/h4-9,13-14H,3,17H2,1-2H3. The average molecular weight is 340 g/mol. The lowest BCUT2D eigenvalue weighted by molar-refractivity contribution is 0.174. The van der Waals surface area contributed by atoms with Crippen molar-refractivity contribution in [3.05, 3.63) is 50.6 Å². The smallest absolute Gasteiger partial charge is 0.148 e. The Bertz CT molecular complexity index is 523. The van der Waals surface area contributed by atoms with Crippen molar-refractivity contribution in [1.82, 2.24) is 0 Å². The number of nitrogens with two attached hydrogens (primary N) is 1. The van der Waals surface area contributed by atoms with Crippen molar-refractivity contribution in [1.29, 1.82) is 0 Å². The molecule has 0 bridgehead atoms. The van der Waals surface area contributed by atoms with Gasteiger partial charge in [0.2, 0.25) is 0 Å². The van der Waals surface area contributed by atoms with Gasteiger partial charge in [0.15, 0.2) is 0 Å². The molecule has 2 aromatic rings. The quantitative estimate of drug-likeness (QED) is 0.858. The second kappa shape index (κ2) is 6.55. The van der Waals surface area contributed by atoms with Crippen LogP contribution in [0.25, 0.3) is 0 Å². The Morgan fingerprint density at radius 1 is 1.26 bits per heavy atom. The van der Waals surface area contributed by atoms with Crippen LogP contribution < -0.4 is 10.5 Å². The Hall–Kier alpha value is -0.840. The predicted octanol–water partition coefficient (Wildman–Crippen LogP) is 4.68. The maximum Gasteiger partial charge on any atom is 0.148 e. The molecule has 2 atom stereocenters. The van der Waals surface area contributed by atoms with Gasteiger partial charge in [-0.05, 0) is 54.6 Å². The molecular weight excluding hydrogens is 322 g/mol. The summed E-state index contributed by atoms with van der Waals surface area (Å²) in [5.41, 5.74) is 7.47. The van der Waals surface area contributed by atoms with Crippen LogP contribution in [0.4, 0.5) is 0 Å². The highest BCUT2D eigenvalue weighted by atomic mass is 79.9. The van der Waals surface area contributed by atoms with E-state index < -0.39 is 0 Å². The first-order valence-electron chi connectivity index (χ1n) is 6.33. The zero-order chi connectivity index (χ0) is 13.8.